The first-order valence-corrected chi connectivity index (χ1v) is 8.07. The molecule has 9 heteroatoms. The molecule has 1 aliphatic heterocycles. The summed E-state index contributed by atoms with van der Waals surface area (Å²) < 4.78 is 5.00. The highest BCUT2D eigenvalue weighted by atomic mass is 16.6. The zero-order valence-corrected chi connectivity index (χ0v) is 14.3. The molecule has 1 aliphatic rings. The SMILES string of the molecule is CCOC(=O)N1CCN(c2ccc(NC(=O)NC(C)C)nn2)CC1. The molecule has 0 aromatic carbocycles. The Morgan fingerprint density at radius 3 is 2.46 bits per heavy atom. The van der Waals surface area contributed by atoms with Crippen LogP contribution in [0.2, 0.25) is 0 Å². The van der Waals surface area contributed by atoms with Crippen molar-refractivity contribution < 1.29 is 14.3 Å². The molecule has 0 aliphatic carbocycles. The second-order valence-electron chi connectivity index (χ2n) is 5.70. The molecule has 1 saturated heterocycles. The van der Waals surface area contributed by atoms with E-state index in [1.807, 2.05) is 18.7 Å². The van der Waals surface area contributed by atoms with Crippen molar-refractivity contribution in [1.82, 2.24) is 20.4 Å². The number of amides is 3. The largest absolute Gasteiger partial charge is 0.450 e. The first kappa shape index (κ1) is 17.8. The Labute approximate surface area is 141 Å². The number of rotatable bonds is 4. The van der Waals surface area contributed by atoms with E-state index in [1.54, 1.807) is 24.0 Å². The van der Waals surface area contributed by atoms with Gasteiger partial charge in [0.2, 0.25) is 0 Å². The average molecular weight is 336 g/mol. The molecule has 0 spiro atoms. The van der Waals surface area contributed by atoms with Crippen molar-refractivity contribution in [2.24, 2.45) is 0 Å². The van der Waals surface area contributed by atoms with E-state index in [0.29, 0.717) is 44.4 Å². The zero-order valence-electron chi connectivity index (χ0n) is 14.3. The number of hydrogen-bond acceptors (Lipinski definition) is 6. The van der Waals surface area contributed by atoms with Gasteiger partial charge in [0.15, 0.2) is 11.6 Å². The minimum absolute atomic E-state index is 0.0490. The van der Waals surface area contributed by atoms with E-state index in [2.05, 4.69) is 20.8 Å². The number of hydrogen-bond donors (Lipinski definition) is 2. The summed E-state index contributed by atoms with van der Waals surface area (Å²) in [6, 6.07) is 3.25. The number of piperazine rings is 1. The first-order valence-electron chi connectivity index (χ1n) is 8.07. The summed E-state index contributed by atoms with van der Waals surface area (Å²) >= 11 is 0. The Kier molecular flexibility index (Phi) is 6.16. The van der Waals surface area contributed by atoms with E-state index in [0.717, 1.165) is 0 Å². The molecule has 0 radical (unpaired) electrons. The van der Waals surface area contributed by atoms with Crippen LogP contribution >= 0.6 is 0 Å². The molecule has 0 saturated carbocycles. The van der Waals surface area contributed by atoms with Crippen LogP contribution in [0.15, 0.2) is 12.1 Å². The van der Waals surface area contributed by atoms with Gasteiger partial charge in [-0.2, -0.15) is 0 Å². The lowest BCUT2D eigenvalue weighted by molar-refractivity contribution is 0.105. The van der Waals surface area contributed by atoms with Crippen LogP contribution in [-0.2, 0) is 4.74 Å². The second-order valence-corrected chi connectivity index (χ2v) is 5.70. The van der Waals surface area contributed by atoms with Crippen LogP contribution in [-0.4, -0.2) is 66.0 Å². The average Bonchev–Trinajstić information content (AvgIpc) is 2.55. The fraction of sp³-hybridized carbons (Fsp3) is 0.600. The Balaban J connectivity index is 1.86. The molecule has 0 atom stereocenters. The van der Waals surface area contributed by atoms with Gasteiger partial charge < -0.3 is 19.9 Å². The van der Waals surface area contributed by atoms with Gasteiger partial charge in [-0.3, -0.25) is 5.32 Å². The van der Waals surface area contributed by atoms with Crippen molar-refractivity contribution in [2.45, 2.75) is 26.8 Å². The smallest absolute Gasteiger partial charge is 0.409 e. The Morgan fingerprint density at radius 2 is 1.92 bits per heavy atom. The molecular formula is C15H24N6O3. The summed E-state index contributed by atoms with van der Waals surface area (Å²) in [6.45, 7) is 8.41. The van der Waals surface area contributed by atoms with E-state index in [4.69, 9.17) is 4.74 Å². The molecule has 2 heterocycles. The molecule has 1 aromatic heterocycles. The van der Waals surface area contributed by atoms with Gasteiger partial charge in [-0.1, -0.05) is 0 Å². The molecule has 1 aromatic rings. The zero-order chi connectivity index (χ0) is 17.5. The summed E-state index contributed by atoms with van der Waals surface area (Å²) in [5, 5.41) is 13.5. The van der Waals surface area contributed by atoms with Crippen molar-refractivity contribution in [2.75, 3.05) is 43.0 Å². The van der Waals surface area contributed by atoms with Crippen molar-refractivity contribution in [3.63, 3.8) is 0 Å². The minimum atomic E-state index is -0.310. The standard InChI is InChI=1S/C15H24N6O3/c1-4-24-15(23)21-9-7-20(8-10-21)13-6-5-12(18-19-13)17-14(22)16-11(2)3/h5-6,11H,4,7-10H2,1-3H3,(H2,16,17,18,22). The van der Waals surface area contributed by atoms with Crippen LogP contribution in [0.5, 0.6) is 0 Å². The van der Waals surface area contributed by atoms with Crippen LogP contribution in [0.25, 0.3) is 0 Å². The normalized spacial score (nSPS) is 14.5. The monoisotopic (exact) mass is 336 g/mol. The van der Waals surface area contributed by atoms with E-state index < -0.39 is 0 Å². The fourth-order valence-corrected chi connectivity index (χ4v) is 2.31. The van der Waals surface area contributed by atoms with E-state index >= 15 is 0 Å². The lowest BCUT2D eigenvalue weighted by Crippen LogP contribution is -2.49. The minimum Gasteiger partial charge on any atom is -0.450 e. The maximum atomic E-state index is 11.7. The van der Waals surface area contributed by atoms with Crippen molar-refractivity contribution in [1.29, 1.82) is 0 Å². The number of ether oxygens (including phenoxy) is 1. The highest BCUT2D eigenvalue weighted by Crippen LogP contribution is 2.14. The van der Waals surface area contributed by atoms with Gasteiger partial charge in [0.1, 0.15) is 0 Å². The van der Waals surface area contributed by atoms with Gasteiger partial charge in [-0.05, 0) is 32.9 Å². The van der Waals surface area contributed by atoms with Crippen LogP contribution < -0.4 is 15.5 Å². The molecule has 1 fully saturated rings. The maximum absolute atomic E-state index is 11.7. The summed E-state index contributed by atoms with van der Waals surface area (Å²) in [7, 11) is 0. The summed E-state index contributed by atoms with van der Waals surface area (Å²) in [4.78, 5) is 27.0. The topological polar surface area (TPSA) is 99.7 Å². The molecule has 2 N–H and O–H groups in total. The Morgan fingerprint density at radius 1 is 1.21 bits per heavy atom. The predicted octanol–water partition coefficient (Wildman–Crippen LogP) is 1.28. The van der Waals surface area contributed by atoms with Crippen molar-refractivity contribution >= 4 is 23.8 Å². The molecule has 132 valence electrons. The van der Waals surface area contributed by atoms with Gasteiger partial charge in [0.25, 0.3) is 0 Å². The van der Waals surface area contributed by atoms with Crippen LogP contribution in [0, 0.1) is 0 Å². The van der Waals surface area contributed by atoms with Gasteiger partial charge >= 0.3 is 12.1 Å². The number of nitrogens with zero attached hydrogens (tertiary/aromatic N) is 4. The quantitative estimate of drug-likeness (QED) is 0.859. The van der Waals surface area contributed by atoms with E-state index in [-0.39, 0.29) is 18.2 Å². The third-order valence-electron chi connectivity index (χ3n) is 3.44. The molecular weight excluding hydrogens is 312 g/mol. The maximum Gasteiger partial charge on any atom is 0.409 e. The summed E-state index contributed by atoms with van der Waals surface area (Å²) in [5.74, 6) is 1.11. The van der Waals surface area contributed by atoms with Crippen LogP contribution in [0.3, 0.4) is 0 Å². The molecule has 0 unspecified atom stereocenters. The number of carbonyl (C=O) groups is 2. The third kappa shape index (κ3) is 4.97. The molecule has 24 heavy (non-hydrogen) atoms. The van der Waals surface area contributed by atoms with Crippen molar-refractivity contribution in [3.8, 4) is 0 Å². The fourth-order valence-electron chi connectivity index (χ4n) is 2.31. The number of aromatic nitrogens is 2. The van der Waals surface area contributed by atoms with Gasteiger partial charge in [0.05, 0.1) is 6.61 Å². The lowest BCUT2D eigenvalue weighted by atomic mass is 10.3. The highest BCUT2D eigenvalue weighted by molar-refractivity contribution is 5.88. The summed E-state index contributed by atoms with van der Waals surface area (Å²) in [6.07, 6.45) is -0.279. The van der Waals surface area contributed by atoms with E-state index in [9.17, 15) is 9.59 Å². The molecule has 2 rings (SSSR count). The molecule has 0 bridgehead atoms. The molecule has 9 nitrogen and oxygen atoms in total. The molecule has 3 amide bonds. The van der Waals surface area contributed by atoms with Crippen molar-refractivity contribution in [3.05, 3.63) is 12.1 Å². The third-order valence-corrected chi connectivity index (χ3v) is 3.44. The first-order chi connectivity index (χ1) is 11.5. The Hall–Kier alpha value is -2.58. The second kappa shape index (κ2) is 8.32. The van der Waals surface area contributed by atoms with Gasteiger partial charge in [-0.15, -0.1) is 10.2 Å². The lowest BCUT2D eigenvalue weighted by Gasteiger charge is -2.34. The predicted molar refractivity (Wildman–Crippen MR) is 90.1 cm³/mol. The Bertz CT molecular complexity index is 555. The highest BCUT2D eigenvalue weighted by Gasteiger charge is 2.22. The van der Waals surface area contributed by atoms with Gasteiger partial charge in [-0.25, -0.2) is 9.59 Å². The number of anilines is 2. The number of carbonyl (C=O) groups excluding carboxylic acids is 2. The van der Waals surface area contributed by atoms with E-state index in [1.165, 1.54) is 0 Å². The van der Waals surface area contributed by atoms with Crippen LogP contribution in [0.4, 0.5) is 21.2 Å². The number of urea groups is 1. The van der Waals surface area contributed by atoms with Gasteiger partial charge in [0, 0.05) is 32.2 Å². The summed E-state index contributed by atoms with van der Waals surface area (Å²) in [5.41, 5.74) is 0. The number of nitrogens with one attached hydrogen (secondary N) is 2. The van der Waals surface area contributed by atoms with Crippen LogP contribution in [0.1, 0.15) is 20.8 Å².